The van der Waals surface area contributed by atoms with Crippen LogP contribution >= 0.6 is 0 Å². The van der Waals surface area contributed by atoms with E-state index in [0.29, 0.717) is 23.2 Å². The summed E-state index contributed by atoms with van der Waals surface area (Å²) in [4.78, 5) is 12.5. The van der Waals surface area contributed by atoms with E-state index in [1.807, 2.05) is 30.3 Å². The summed E-state index contributed by atoms with van der Waals surface area (Å²) < 4.78 is 67.9. The number of aryl methyl sites for hydroxylation is 1. The molecule has 0 spiro atoms. The van der Waals surface area contributed by atoms with Crippen LogP contribution in [0.25, 0.3) is 11.1 Å². The zero-order valence-electron chi connectivity index (χ0n) is 22.6. The van der Waals surface area contributed by atoms with Gasteiger partial charge in [-0.15, -0.1) is 0 Å². The van der Waals surface area contributed by atoms with E-state index in [4.69, 9.17) is 9.47 Å². The number of benzene rings is 3. The van der Waals surface area contributed by atoms with Gasteiger partial charge in [-0.05, 0) is 61.1 Å². The summed E-state index contributed by atoms with van der Waals surface area (Å²) in [5.74, 6) is -1.03. The Kier molecular flexibility index (Phi) is 8.63. The third kappa shape index (κ3) is 6.56. The molecule has 1 aliphatic carbocycles. The lowest BCUT2D eigenvalue weighted by molar-refractivity contribution is 0.331. The molecule has 7 nitrogen and oxygen atoms in total. The van der Waals surface area contributed by atoms with E-state index >= 15 is 0 Å². The first-order valence-electron chi connectivity index (χ1n) is 13.3. The zero-order valence-corrected chi connectivity index (χ0v) is 23.4. The van der Waals surface area contributed by atoms with Crippen molar-refractivity contribution in [3.05, 3.63) is 112 Å². The first kappa shape index (κ1) is 28.7. The van der Waals surface area contributed by atoms with Gasteiger partial charge in [0.1, 0.15) is 17.3 Å². The maximum atomic E-state index is 14.6. The van der Waals surface area contributed by atoms with Crippen LogP contribution in [-0.2, 0) is 18.3 Å². The summed E-state index contributed by atoms with van der Waals surface area (Å²) >= 11 is -2.53. The molecule has 0 bridgehead atoms. The molecular weight excluding hydrogens is 550 g/mol. The number of hydrogen-bond donors (Lipinski definition) is 0. The highest BCUT2D eigenvalue weighted by atomic mass is 32.2. The highest BCUT2D eigenvalue weighted by Crippen LogP contribution is 2.43. The van der Waals surface area contributed by atoms with Gasteiger partial charge in [-0.1, -0.05) is 36.4 Å². The Morgan fingerprint density at radius 2 is 1.71 bits per heavy atom. The monoisotopic (exact) mass is 579 g/mol. The van der Waals surface area contributed by atoms with E-state index in [9.17, 15) is 22.3 Å². The quantitative estimate of drug-likeness (QED) is 0.200. The molecule has 1 aromatic heterocycles. The smallest absolute Gasteiger partial charge is 0.254 e. The number of ether oxygens (including phenoxy) is 2. The first-order chi connectivity index (χ1) is 19.7. The molecule has 1 fully saturated rings. The average Bonchev–Trinajstić information content (AvgIpc) is 3.77. The Balaban J connectivity index is 1.71. The predicted octanol–water partition coefficient (Wildman–Crippen LogP) is 6.12. The van der Waals surface area contributed by atoms with Crippen molar-refractivity contribution in [2.24, 2.45) is 13.0 Å². The fraction of sp³-hybridized carbons (Fsp3) is 0.258. The molecule has 1 heterocycles. The molecule has 3 aromatic carbocycles. The molecule has 5 rings (SSSR count). The summed E-state index contributed by atoms with van der Waals surface area (Å²) in [6.45, 7) is 2.43. The van der Waals surface area contributed by atoms with Crippen LogP contribution in [0.4, 0.5) is 8.78 Å². The summed E-state index contributed by atoms with van der Waals surface area (Å²) in [6.07, 6.45) is 3.52. The highest BCUT2D eigenvalue weighted by molar-refractivity contribution is 7.76. The van der Waals surface area contributed by atoms with Crippen molar-refractivity contribution >= 4 is 11.3 Å². The normalized spacial score (nSPS) is 14.6. The van der Waals surface area contributed by atoms with Gasteiger partial charge in [-0.3, -0.25) is 9.00 Å². The second-order valence-corrected chi connectivity index (χ2v) is 10.8. The largest absolute Gasteiger partial charge is 0.760 e. The number of pyridine rings is 1. The second kappa shape index (κ2) is 12.3. The fourth-order valence-electron chi connectivity index (χ4n) is 4.75. The predicted molar refractivity (Wildman–Crippen MR) is 151 cm³/mol. The van der Waals surface area contributed by atoms with E-state index in [2.05, 4.69) is 0 Å². The van der Waals surface area contributed by atoms with Gasteiger partial charge < -0.3 is 18.6 Å². The lowest BCUT2D eigenvalue weighted by Gasteiger charge is -2.34. The molecule has 1 saturated carbocycles. The third-order valence-corrected chi connectivity index (χ3v) is 7.69. The van der Waals surface area contributed by atoms with E-state index in [0.717, 1.165) is 30.5 Å². The van der Waals surface area contributed by atoms with Crippen molar-refractivity contribution in [3.63, 3.8) is 0 Å². The molecule has 41 heavy (non-hydrogen) atoms. The van der Waals surface area contributed by atoms with Crippen molar-refractivity contribution in [3.8, 4) is 28.4 Å². The number of halogens is 2. The van der Waals surface area contributed by atoms with Gasteiger partial charge in [0.2, 0.25) is 0 Å². The van der Waals surface area contributed by atoms with Crippen LogP contribution in [-0.4, -0.2) is 30.8 Å². The Labute approximate surface area is 239 Å². The van der Waals surface area contributed by atoms with E-state index in [1.165, 1.54) is 21.0 Å². The van der Waals surface area contributed by atoms with Crippen LogP contribution in [0, 0.1) is 17.6 Å². The average molecular weight is 580 g/mol. The molecule has 214 valence electrons. The summed E-state index contributed by atoms with van der Waals surface area (Å²) in [5, 5.41) is 0. The van der Waals surface area contributed by atoms with Crippen LogP contribution in [0.15, 0.2) is 83.8 Å². The maximum absolute atomic E-state index is 14.6. The van der Waals surface area contributed by atoms with Crippen LogP contribution < -0.4 is 15.0 Å². The van der Waals surface area contributed by atoms with Crippen molar-refractivity contribution in [1.82, 2.24) is 8.87 Å². The lowest BCUT2D eigenvalue weighted by atomic mass is 9.94. The van der Waals surface area contributed by atoms with Crippen molar-refractivity contribution in [2.45, 2.75) is 25.8 Å². The van der Waals surface area contributed by atoms with Crippen LogP contribution in [0.5, 0.6) is 17.2 Å². The van der Waals surface area contributed by atoms with Crippen molar-refractivity contribution < 1.29 is 27.0 Å². The Bertz CT molecular complexity index is 1630. The SMILES string of the molecule is CCOc1cc(=O)n(C)cc1-c1cc(C(c2ccccc2)N(CC2CC2)S(=O)[O-])ccc1Oc1ccc(F)cc1F. The molecule has 10 heteroatoms. The molecule has 0 amide bonds. The first-order valence-corrected chi connectivity index (χ1v) is 14.3. The Morgan fingerprint density at radius 3 is 2.37 bits per heavy atom. The minimum atomic E-state index is -2.53. The molecule has 0 saturated heterocycles. The molecule has 0 radical (unpaired) electrons. The summed E-state index contributed by atoms with van der Waals surface area (Å²) in [6, 6.07) is 18.1. The van der Waals surface area contributed by atoms with Gasteiger partial charge in [0.05, 0.1) is 12.6 Å². The number of rotatable bonds is 11. The lowest BCUT2D eigenvalue weighted by Crippen LogP contribution is -2.33. The van der Waals surface area contributed by atoms with Crippen LogP contribution in [0.3, 0.4) is 0 Å². The van der Waals surface area contributed by atoms with Gasteiger partial charge in [0.25, 0.3) is 5.56 Å². The number of aromatic nitrogens is 1. The third-order valence-electron chi connectivity index (χ3n) is 6.94. The van der Waals surface area contributed by atoms with E-state index in [1.54, 1.807) is 38.4 Å². The van der Waals surface area contributed by atoms with Gasteiger partial charge in [-0.2, -0.15) is 0 Å². The van der Waals surface area contributed by atoms with E-state index in [-0.39, 0.29) is 35.3 Å². The van der Waals surface area contributed by atoms with Crippen molar-refractivity contribution in [2.75, 3.05) is 13.2 Å². The molecular formula is C31H29F2N2O5S-. The van der Waals surface area contributed by atoms with Gasteiger partial charge >= 0.3 is 0 Å². The van der Waals surface area contributed by atoms with E-state index < -0.39 is 28.9 Å². The number of hydrogen-bond acceptors (Lipinski definition) is 5. The molecule has 2 atom stereocenters. The minimum absolute atomic E-state index is 0.196. The minimum Gasteiger partial charge on any atom is -0.760 e. The second-order valence-electron chi connectivity index (χ2n) is 9.94. The molecule has 1 aliphatic rings. The molecule has 0 N–H and O–H groups in total. The number of nitrogens with zero attached hydrogens (tertiary/aromatic N) is 2. The fourth-order valence-corrected chi connectivity index (χ4v) is 5.50. The maximum Gasteiger partial charge on any atom is 0.254 e. The zero-order chi connectivity index (χ0) is 29.1. The highest BCUT2D eigenvalue weighted by Gasteiger charge is 2.31. The van der Waals surface area contributed by atoms with Gasteiger partial charge in [0, 0.05) is 54.3 Å². The Morgan fingerprint density at radius 1 is 0.976 bits per heavy atom. The van der Waals surface area contributed by atoms with Gasteiger partial charge in [-0.25, -0.2) is 13.1 Å². The molecule has 2 unspecified atom stereocenters. The van der Waals surface area contributed by atoms with Crippen molar-refractivity contribution in [1.29, 1.82) is 0 Å². The van der Waals surface area contributed by atoms with Crippen LogP contribution in [0.2, 0.25) is 0 Å². The Hall–Kier alpha value is -3.86. The topological polar surface area (TPSA) is 83.8 Å². The molecule has 4 aromatic rings. The summed E-state index contributed by atoms with van der Waals surface area (Å²) in [5.41, 5.74) is 2.04. The standard InChI is InChI=1S/C31H30F2N2O5S/c1-3-39-29-17-30(36)34(2)19-25(29)24-15-22(11-13-27(24)40-28-14-12-23(32)16-26(28)33)31(21-7-5-4-6-8-21)35(41(37)38)18-20-9-10-20/h4-8,11-17,19-20,31H,3,9-10,18H2,1-2H3,(H,37,38)/p-1. The van der Waals surface area contributed by atoms with Gasteiger partial charge in [0.15, 0.2) is 11.6 Å². The summed E-state index contributed by atoms with van der Waals surface area (Å²) in [7, 11) is 1.59. The molecule has 0 aliphatic heterocycles. The van der Waals surface area contributed by atoms with Crippen LogP contribution in [0.1, 0.15) is 36.9 Å².